The summed E-state index contributed by atoms with van der Waals surface area (Å²) in [6, 6.07) is 7.32. The van der Waals surface area contributed by atoms with E-state index in [1.165, 1.54) is 5.56 Å². The number of carbonyl (C=O) groups is 1. The van der Waals surface area contributed by atoms with Crippen LogP contribution >= 0.6 is 11.6 Å². The molecule has 1 amide bonds. The van der Waals surface area contributed by atoms with Crippen molar-refractivity contribution in [3.05, 3.63) is 58.4 Å². The lowest BCUT2D eigenvalue weighted by molar-refractivity contribution is 0.0955. The van der Waals surface area contributed by atoms with Gasteiger partial charge in [0.1, 0.15) is 0 Å². The van der Waals surface area contributed by atoms with Crippen molar-refractivity contribution in [1.29, 1.82) is 0 Å². The molecule has 0 bridgehead atoms. The Bertz CT molecular complexity index is 848. The second kappa shape index (κ2) is 7.08. The summed E-state index contributed by atoms with van der Waals surface area (Å²) in [4.78, 5) is 18.2. The zero-order chi connectivity index (χ0) is 18.9. The van der Waals surface area contributed by atoms with Gasteiger partial charge in [0.15, 0.2) is 0 Å². The van der Waals surface area contributed by atoms with E-state index in [1.807, 2.05) is 6.07 Å². The molecule has 0 fully saturated rings. The quantitative estimate of drug-likeness (QED) is 0.650. The van der Waals surface area contributed by atoms with E-state index in [0.717, 1.165) is 17.7 Å². The number of pyridine rings is 1. The van der Waals surface area contributed by atoms with Gasteiger partial charge in [-0.15, -0.1) is 0 Å². The van der Waals surface area contributed by atoms with E-state index in [2.05, 4.69) is 54.3 Å². The molecule has 2 aromatic rings. The van der Waals surface area contributed by atoms with Crippen LogP contribution in [0.1, 0.15) is 54.6 Å². The molecule has 1 aromatic carbocycles. The maximum atomic E-state index is 12.0. The molecule has 0 aliphatic carbocycles. The molecule has 1 N–H and O–H groups in total. The van der Waals surface area contributed by atoms with Gasteiger partial charge in [-0.2, -0.15) is 5.10 Å². The highest BCUT2D eigenvalue weighted by molar-refractivity contribution is 6.33. The number of fused-ring (bicyclic) bond motifs is 1. The number of aromatic nitrogens is 1. The van der Waals surface area contributed by atoms with Gasteiger partial charge in [-0.3, -0.25) is 9.78 Å². The normalized spacial score (nSPS) is 18.7. The van der Waals surface area contributed by atoms with Crippen molar-refractivity contribution in [1.82, 2.24) is 10.4 Å². The van der Waals surface area contributed by atoms with Crippen molar-refractivity contribution in [2.24, 2.45) is 5.10 Å². The summed E-state index contributed by atoms with van der Waals surface area (Å²) in [7, 11) is 2.10. The van der Waals surface area contributed by atoms with Crippen molar-refractivity contribution in [2.45, 2.75) is 38.6 Å². The lowest BCUT2D eigenvalue weighted by Crippen LogP contribution is -2.45. The molecule has 6 heteroatoms. The van der Waals surface area contributed by atoms with E-state index in [4.69, 9.17) is 11.6 Å². The molecule has 5 nitrogen and oxygen atoms in total. The number of hydrogen-bond acceptors (Lipinski definition) is 4. The fraction of sp³-hybridized carbons (Fsp3) is 0.350. The van der Waals surface area contributed by atoms with Gasteiger partial charge in [0.25, 0.3) is 5.91 Å². The van der Waals surface area contributed by atoms with E-state index in [9.17, 15) is 4.79 Å². The molecule has 1 atom stereocenters. The van der Waals surface area contributed by atoms with Crippen LogP contribution in [-0.4, -0.2) is 29.7 Å². The average Bonchev–Trinajstić information content (AvgIpc) is 2.61. The summed E-state index contributed by atoms with van der Waals surface area (Å²) in [5, 5.41) is 4.67. The van der Waals surface area contributed by atoms with Crippen molar-refractivity contribution in [3.63, 3.8) is 0 Å². The summed E-state index contributed by atoms with van der Waals surface area (Å²) in [5.41, 5.74) is 6.30. The molecule has 0 saturated heterocycles. The molecule has 0 spiro atoms. The lowest BCUT2D eigenvalue weighted by Gasteiger charge is -2.45. The third-order valence-electron chi connectivity index (χ3n) is 5.06. The topological polar surface area (TPSA) is 57.6 Å². The Morgan fingerprint density at radius 2 is 2.08 bits per heavy atom. The fourth-order valence-corrected chi connectivity index (χ4v) is 3.64. The first kappa shape index (κ1) is 18.4. The third kappa shape index (κ3) is 3.58. The predicted molar refractivity (Wildman–Crippen MR) is 106 cm³/mol. The largest absolute Gasteiger partial charge is 0.369 e. The highest BCUT2D eigenvalue weighted by Crippen LogP contribution is 2.44. The second-order valence-corrected chi connectivity index (χ2v) is 7.75. The second-order valence-electron chi connectivity index (χ2n) is 7.34. The van der Waals surface area contributed by atoms with Gasteiger partial charge in [-0.1, -0.05) is 18.5 Å². The van der Waals surface area contributed by atoms with Gasteiger partial charge in [0.2, 0.25) is 0 Å². The van der Waals surface area contributed by atoms with Gasteiger partial charge in [0, 0.05) is 41.8 Å². The van der Waals surface area contributed by atoms with Crippen LogP contribution in [0.2, 0.25) is 5.02 Å². The molecule has 3 rings (SSSR count). The minimum atomic E-state index is -0.285. The van der Waals surface area contributed by atoms with Crippen molar-refractivity contribution in [3.8, 4) is 0 Å². The maximum absolute atomic E-state index is 12.0. The lowest BCUT2D eigenvalue weighted by atomic mass is 9.80. The Morgan fingerprint density at radius 1 is 1.38 bits per heavy atom. The van der Waals surface area contributed by atoms with Crippen LogP contribution in [0.4, 0.5) is 5.69 Å². The number of amides is 1. The number of carbonyl (C=O) groups excluding carboxylic acids is 1. The van der Waals surface area contributed by atoms with Crippen LogP contribution in [0.5, 0.6) is 0 Å². The van der Waals surface area contributed by atoms with E-state index in [1.54, 1.807) is 30.7 Å². The van der Waals surface area contributed by atoms with E-state index < -0.39 is 0 Å². The van der Waals surface area contributed by atoms with Crippen LogP contribution in [0.15, 0.2) is 41.8 Å². The maximum Gasteiger partial charge on any atom is 0.271 e. The highest BCUT2D eigenvalue weighted by atomic mass is 35.5. The Labute approximate surface area is 159 Å². The molecule has 1 aliphatic rings. The first-order valence-corrected chi connectivity index (χ1v) is 8.98. The van der Waals surface area contributed by atoms with Gasteiger partial charge in [0.05, 0.1) is 11.2 Å². The first-order valence-electron chi connectivity index (χ1n) is 8.60. The fourth-order valence-electron chi connectivity index (χ4n) is 3.43. The Balaban J connectivity index is 1.82. The molecular weight excluding hydrogens is 348 g/mol. The molecule has 26 heavy (non-hydrogen) atoms. The molecule has 2 heterocycles. The first-order chi connectivity index (χ1) is 12.3. The van der Waals surface area contributed by atoms with Crippen LogP contribution in [0.25, 0.3) is 0 Å². The van der Waals surface area contributed by atoms with Crippen molar-refractivity contribution >= 4 is 29.4 Å². The standard InChI is InChI=1S/C20H23ClN4O/c1-13-11-20(2,3)25(4)18-10-17(21)15(9-16(13)18)12-23-24-19(26)14-5-7-22-8-6-14/h5-10,12-13H,11H2,1-4H3,(H,24,26)/b23-12-/t13-/m1/s1. The molecule has 0 radical (unpaired) electrons. The number of hydrazone groups is 1. The van der Waals surface area contributed by atoms with Crippen LogP contribution in [-0.2, 0) is 0 Å². The van der Waals surface area contributed by atoms with Gasteiger partial charge in [-0.25, -0.2) is 5.43 Å². The van der Waals surface area contributed by atoms with Crippen LogP contribution in [0.3, 0.4) is 0 Å². The van der Waals surface area contributed by atoms with Gasteiger partial charge < -0.3 is 4.90 Å². The number of benzene rings is 1. The SMILES string of the molecule is C[C@@H]1CC(C)(C)N(C)c2cc(Cl)c(/C=N\NC(=O)c3ccncc3)cc21. The summed E-state index contributed by atoms with van der Waals surface area (Å²) in [6.07, 6.45) is 5.79. The summed E-state index contributed by atoms with van der Waals surface area (Å²) < 4.78 is 0. The molecule has 1 aromatic heterocycles. The number of hydrogen-bond donors (Lipinski definition) is 1. The minimum Gasteiger partial charge on any atom is -0.369 e. The Hall–Kier alpha value is -2.40. The summed E-state index contributed by atoms with van der Waals surface area (Å²) in [5.74, 6) is 0.139. The Kier molecular flexibility index (Phi) is 5.01. The minimum absolute atomic E-state index is 0.0872. The molecule has 1 aliphatic heterocycles. The number of nitrogens with zero attached hydrogens (tertiary/aromatic N) is 3. The zero-order valence-electron chi connectivity index (χ0n) is 15.5. The predicted octanol–water partition coefficient (Wildman–Crippen LogP) is 4.22. The molecule has 136 valence electrons. The molecule has 0 saturated carbocycles. The van der Waals surface area contributed by atoms with E-state index in [0.29, 0.717) is 16.5 Å². The van der Waals surface area contributed by atoms with E-state index >= 15 is 0 Å². The summed E-state index contributed by atoms with van der Waals surface area (Å²) in [6.45, 7) is 6.71. The molecule has 0 unspecified atom stereocenters. The zero-order valence-corrected chi connectivity index (χ0v) is 16.2. The van der Waals surface area contributed by atoms with Crippen LogP contribution < -0.4 is 10.3 Å². The summed E-state index contributed by atoms with van der Waals surface area (Å²) >= 11 is 6.46. The molecular formula is C20H23ClN4O. The van der Waals surface area contributed by atoms with E-state index in [-0.39, 0.29) is 11.4 Å². The van der Waals surface area contributed by atoms with Crippen molar-refractivity contribution in [2.75, 3.05) is 11.9 Å². The smallest absolute Gasteiger partial charge is 0.271 e. The third-order valence-corrected chi connectivity index (χ3v) is 5.39. The number of halogens is 1. The number of rotatable bonds is 3. The number of nitrogens with one attached hydrogen (secondary N) is 1. The van der Waals surface area contributed by atoms with Gasteiger partial charge in [-0.05, 0) is 56.0 Å². The van der Waals surface area contributed by atoms with Crippen LogP contribution in [0, 0.1) is 0 Å². The van der Waals surface area contributed by atoms with Crippen molar-refractivity contribution < 1.29 is 4.79 Å². The Morgan fingerprint density at radius 3 is 2.77 bits per heavy atom. The van der Waals surface area contributed by atoms with Gasteiger partial charge >= 0.3 is 0 Å². The highest BCUT2D eigenvalue weighted by Gasteiger charge is 2.34. The monoisotopic (exact) mass is 370 g/mol. The number of anilines is 1. The average molecular weight is 371 g/mol.